The number of benzene rings is 3. The van der Waals surface area contributed by atoms with Crippen LogP contribution in [0.15, 0.2) is 66.7 Å². The first-order valence-electron chi connectivity index (χ1n) is 26.3. The Balaban J connectivity index is 1.38. The van der Waals surface area contributed by atoms with Gasteiger partial charge < -0.3 is 47.4 Å². The second-order valence-electron chi connectivity index (χ2n) is 23.2. The maximum Gasteiger partial charge on any atom is 0.246 e. The lowest BCUT2D eigenvalue weighted by Gasteiger charge is -2.36. The molecule has 3 aromatic rings. The number of aryl methyl sites for hydroxylation is 2. The molecule has 2 saturated heterocycles. The number of likely N-dealkylation sites (tertiary alicyclic amines) is 2. The number of nitrogens with zero attached hydrogens (tertiary/aromatic N) is 2. The Morgan fingerprint density at radius 2 is 0.880 bits per heavy atom. The predicted molar refractivity (Wildman–Crippen MR) is 291 cm³/mol. The second-order valence-corrected chi connectivity index (χ2v) is 23.2. The van der Waals surface area contributed by atoms with Gasteiger partial charge in [-0.15, -0.1) is 0 Å². The maximum absolute atomic E-state index is 14.6. The summed E-state index contributed by atoms with van der Waals surface area (Å²) in [5.74, 6) is -4.03. The average Bonchev–Trinajstić information content (AvgIpc) is 3.98. The minimum atomic E-state index is -0.993. The molecule has 2 aliphatic heterocycles. The Kier molecular flexibility index (Phi) is 19.7. The fourth-order valence-corrected chi connectivity index (χ4v) is 9.78. The number of Topliss-reactive ketones (excluding diaryl/α,β-unsaturated/α-hetero) is 2. The van der Waals surface area contributed by atoms with Crippen LogP contribution in [0, 0.1) is 36.5 Å². The van der Waals surface area contributed by atoms with Crippen LogP contribution in [0.5, 0.6) is 0 Å². The molecule has 0 spiro atoms. The zero-order valence-electron chi connectivity index (χ0n) is 46.6. The highest BCUT2D eigenvalue weighted by Gasteiger charge is 2.47. The summed E-state index contributed by atoms with van der Waals surface area (Å²) in [6.07, 6.45) is 0.189. The van der Waals surface area contributed by atoms with Gasteiger partial charge in [-0.2, -0.15) is 0 Å². The van der Waals surface area contributed by atoms with Crippen LogP contribution in [-0.2, 0) is 28.8 Å². The van der Waals surface area contributed by atoms with Gasteiger partial charge in [-0.3, -0.25) is 38.4 Å². The molecule has 0 radical (unpaired) electrons. The molecule has 0 unspecified atom stereocenters. The van der Waals surface area contributed by atoms with Gasteiger partial charge in [0.25, 0.3) is 0 Å². The fraction of sp³-hybridized carbons (Fsp3) is 0.552. The Morgan fingerprint density at radius 1 is 0.547 bits per heavy atom. The Morgan fingerprint density at radius 3 is 1.19 bits per heavy atom. The molecule has 8 N–H and O–H groups in total. The minimum Gasteiger partial charge on any atom is -0.399 e. The van der Waals surface area contributed by atoms with E-state index in [1.54, 1.807) is 27.9 Å². The molecule has 5 rings (SSSR count). The summed E-state index contributed by atoms with van der Waals surface area (Å²) in [4.78, 5) is 116. The number of amides is 6. The van der Waals surface area contributed by atoms with E-state index in [4.69, 9.17) is 5.73 Å². The molecule has 17 heteroatoms. The van der Waals surface area contributed by atoms with Crippen LogP contribution in [0.4, 0.5) is 5.69 Å². The van der Waals surface area contributed by atoms with Crippen LogP contribution >= 0.6 is 0 Å². The number of nitrogens with two attached hydrogens (primary N) is 1. The van der Waals surface area contributed by atoms with Gasteiger partial charge in [-0.1, -0.05) is 101 Å². The molecule has 0 saturated carbocycles. The van der Waals surface area contributed by atoms with Gasteiger partial charge in [-0.25, -0.2) is 0 Å². The van der Waals surface area contributed by atoms with E-state index >= 15 is 0 Å². The van der Waals surface area contributed by atoms with Crippen molar-refractivity contribution < 1.29 is 38.4 Å². The van der Waals surface area contributed by atoms with Gasteiger partial charge in [0, 0.05) is 42.7 Å². The van der Waals surface area contributed by atoms with Crippen molar-refractivity contribution in [2.45, 2.75) is 157 Å². The molecule has 3 aromatic carbocycles. The summed E-state index contributed by atoms with van der Waals surface area (Å²) in [6.45, 7) is 22.2. The molecular formula is C58H83N9O8. The van der Waals surface area contributed by atoms with Crippen molar-refractivity contribution in [3.8, 4) is 0 Å². The van der Waals surface area contributed by atoms with Crippen molar-refractivity contribution in [3.63, 3.8) is 0 Å². The molecule has 75 heavy (non-hydrogen) atoms. The molecule has 0 bridgehead atoms. The molecule has 2 heterocycles. The summed E-state index contributed by atoms with van der Waals surface area (Å²) in [5, 5.41) is 17.8. The highest BCUT2D eigenvalue weighted by atomic mass is 16.2. The van der Waals surface area contributed by atoms with E-state index in [0.717, 1.165) is 22.3 Å². The van der Waals surface area contributed by atoms with E-state index in [2.05, 4.69) is 31.9 Å². The van der Waals surface area contributed by atoms with E-state index < -0.39 is 82.8 Å². The van der Waals surface area contributed by atoms with Gasteiger partial charge in [0.1, 0.15) is 24.2 Å². The first-order chi connectivity index (χ1) is 35.0. The standard InChI is InChI=1S/C58H83N9O8/c1-32-15-19-40(20-16-32)34(3)62-53(72)45-23-38(30-66(45)55(74)49(57(7,8)9)64-51(70)36(5)60-13)25-47(68)42-27-43(29-44(59)28-42)48(69)26-39-24-46(54(73)63-35(4)41-21-17-33(2)18-22-41)67(31-39)56(75)50(58(10,11)12)65-52(71)37(6)61-14/h15-22,27-29,34-39,45-46,49-50,60-61H,23-26,30-31,59H2,1-14H3,(H,62,72)(H,63,73)(H,64,70)(H,65,71)/t34-,35-,36+,37+,38-,39-,45+,46+,49-,50-/m1/s1. The molecule has 2 fully saturated rings. The van der Waals surface area contributed by atoms with E-state index in [-0.39, 0.29) is 90.8 Å². The number of ketones is 2. The number of nitrogen functional groups attached to an aromatic ring is 1. The van der Waals surface area contributed by atoms with E-state index in [1.165, 1.54) is 28.0 Å². The third-order valence-electron chi connectivity index (χ3n) is 14.8. The van der Waals surface area contributed by atoms with Crippen LogP contribution in [0.2, 0.25) is 0 Å². The smallest absolute Gasteiger partial charge is 0.246 e. The molecule has 10 atom stereocenters. The van der Waals surface area contributed by atoms with Gasteiger partial charge >= 0.3 is 0 Å². The summed E-state index contributed by atoms with van der Waals surface area (Å²) in [5.41, 5.74) is 9.36. The Bertz CT molecular complexity index is 2400. The lowest BCUT2D eigenvalue weighted by atomic mass is 9.85. The summed E-state index contributed by atoms with van der Waals surface area (Å²) < 4.78 is 0. The number of carbonyl (C=O) groups is 8. The quantitative estimate of drug-likeness (QED) is 0.0551. The number of rotatable bonds is 20. The zero-order valence-corrected chi connectivity index (χ0v) is 46.6. The third kappa shape index (κ3) is 15.3. The van der Waals surface area contributed by atoms with Crippen LogP contribution in [0.25, 0.3) is 0 Å². The van der Waals surface area contributed by atoms with E-state index in [1.807, 2.05) is 118 Å². The number of hydrogen-bond acceptors (Lipinski definition) is 11. The first-order valence-corrected chi connectivity index (χ1v) is 26.3. The van der Waals surface area contributed by atoms with Crippen molar-refractivity contribution in [2.24, 2.45) is 22.7 Å². The summed E-state index contributed by atoms with van der Waals surface area (Å²) in [7, 11) is 3.29. The monoisotopic (exact) mass is 1030 g/mol. The number of carbonyl (C=O) groups excluding carboxylic acids is 8. The van der Waals surface area contributed by atoms with Crippen molar-refractivity contribution in [1.29, 1.82) is 0 Å². The minimum absolute atomic E-state index is 0.0589. The molecule has 2 aliphatic rings. The zero-order chi connectivity index (χ0) is 55.9. The molecule has 0 aromatic heterocycles. The number of likely N-dealkylation sites (N-methyl/N-ethyl adjacent to an activating group) is 2. The normalized spacial score (nSPS) is 20.2. The van der Waals surface area contributed by atoms with E-state index in [0.29, 0.717) is 0 Å². The second kappa shape index (κ2) is 24.9. The molecule has 408 valence electrons. The molecule has 17 nitrogen and oxygen atoms in total. The average molecular weight is 1030 g/mol. The largest absolute Gasteiger partial charge is 0.399 e. The van der Waals surface area contributed by atoms with Crippen molar-refractivity contribution in [1.82, 2.24) is 41.7 Å². The third-order valence-corrected chi connectivity index (χ3v) is 14.8. The van der Waals surface area contributed by atoms with Crippen LogP contribution in [0.3, 0.4) is 0 Å². The number of hydrogen-bond donors (Lipinski definition) is 7. The SMILES string of the molecule is CN[C@@H](C)C(=O)N[C@H](C(=O)N1C[C@@H](CC(=O)c2cc(N)cc(C(=O)C[C@H]3C[C@@H](C(=O)N[C@H](C)c4ccc(C)cc4)N(C(=O)[C@@H](NC(=O)[C@H](C)NC)C(C)(C)C)C3)c2)C[C@H]1C(=O)N[C@H](C)c1ccc(C)cc1)C(C)(C)C. The summed E-state index contributed by atoms with van der Waals surface area (Å²) >= 11 is 0. The Hall–Kier alpha value is -6.46. The number of nitrogens with one attached hydrogen (secondary N) is 6. The van der Waals surface area contributed by atoms with Crippen molar-refractivity contribution in [3.05, 3.63) is 100 Å². The van der Waals surface area contributed by atoms with E-state index in [9.17, 15) is 38.4 Å². The lowest BCUT2D eigenvalue weighted by molar-refractivity contribution is -0.144. The highest BCUT2D eigenvalue weighted by Crippen LogP contribution is 2.34. The van der Waals surface area contributed by atoms with Gasteiger partial charge in [0.2, 0.25) is 35.4 Å². The first kappa shape index (κ1) is 59.4. The molecule has 6 amide bonds. The highest BCUT2D eigenvalue weighted by molar-refractivity contribution is 6.03. The van der Waals surface area contributed by atoms with Gasteiger partial charge in [0.05, 0.1) is 24.2 Å². The van der Waals surface area contributed by atoms with Crippen molar-refractivity contribution in [2.75, 3.05) is 32.9 Å². The van der Waals surface area contributed by atoms with Crippen LogP contribution in [0.1, 0.15) is 150 Å². The predicted octanol–water partition coefficient (Wildman–Crippen LogP) is 5.50. The van der Waals surface area contributed by atoms with Crippen LogP contribution in [-0.4, -0.2) is 120 Å². The fourth-order valence-electron chi connectivity index (χ4n) is 9.78. The topological polar surface area (TPSA) is 241 Å². The van der Waals surface area contributed by atoms with Gasteiger partial charge in [0.15, 0.2) is 11.6 Å². The number of anilines is 1. The molecule has 0 aliphatic carbocycles. The Labute approximate surface area is 444 Å². The molecular weight excluding hydrogens is 951 g/mol. The maximum atomic E-state index is 14.6. The lowest BCUT2D eigenvalue weighted by Crippen LogP contribution is -2.59. The van der Waals surface area contributed by atoms with Crippen molar-refractivity contribution >= 4 is 52.7 Å². The van der Waals surface area contributed by atoms with Gasteiger partial charge in [-0.05, 0) is 120 Å². The van der Waals surface area contributed by atoms with Crippen LogP contribution < -0.4 is 37.6 Å². The summed E-state index contributed by atoms with van der Waals surface area (Å²) in [6, 6.07) is 14.2.